The number of carbonyl (C=O) groups excluding carboxylic acids is 1. The second-order valence-corrected chi connectivity index (χ2v) is 8.44. The maximum Gasteiger partial charge on any atom is 0.514 e. The molecule has 0 aliphatic heterocycles. The molecule has 0 saturated heterocycles. The predicted octanol–water partition coefficient (Wildman–Crippen LogP) is 6.29. The van der Waals surface area contributed by atoms with Crippen LogP contribution in [0.2, 0.25) is 0 Å². The van der Waals surface area contributed by atoms with Crippen molar-refractivity contribution in [3.05, 3.63) is 89.5 Å². The Morgan fingerprint density at radius 3 is 1.20 bits per heavy atom. The molecule has 35 heavy (non-hydrogen) atoms. The van der Waals surface area contributed by atoms with Crippen molar-refractivity contribution >= 4 is 18.5 Å². The monoisotopic (exact) mass is 480 g/mol. The van der Waals surface area contributed by atoms with Crippen LogP contribution in [0.25, 0.3) is 0 Å². The fourth-order valence-electron chi connectivity index (χ4n) is 3.33. The molecule has 0 fully saturated rings. The Labute approximate surface area is 201 Å². The average molecular weight is 480 g/mol. The van der Waals surface area contributed by atoms with E-state index >= 15 is 0 Å². The Bertz CT molecular complexity index is 1120. The number of ether oxygens (including phenoxy) is 4. The molecular formula is C26H24O9. The van der Waals surface area contributed by atoms with Crippen molar-refractivity contribution in [2.24, 2.45) is 0 Å². The summed E-state index contributed by atoms with van der Waals surface area (Å²) in [5.74, 6) is 0.332. The zero-order valence-electron chi connectivity index (χ0n) is 19.3. The molecule has 0 unspecified atom stereocenters. The van der Waals surface area contributed by atoms with E-state index in [2.05, 4.69) is 9.47 Å². The number of carbonyl (C=O) groups is 3. The quantitative estimate of drug-likeness (QED) is 0.237. The van der Waals surface area contributed by atoms with Gasteiger partial charge in [0.2, 0.25) is 0 Å². The average Bonchev–Trinajstić information content (AvgIpc) is 2.75. The lowest BCUT2D eigenvalue weighted by Gasteiger charge is -2.20. The molecule has 0 aromatic heterocycles. The van der Waals surface area contributed by atoms with Crippen LogP contribution in [0.1, 0.15) is 43.4 Å². The van der Waals surface area contributed by atoms with Crippen LogP contribution in [0.15, 0.2) is 72.8 Å². The summed E-state index contributed by atoms with van der Waals surface area (Å²) in [6.07, 6.45) is -3.64. The predicted molar refractivity (Wildman–Crippen MR) is 124 cm³/mol. The number of carboxylic acid groups (broad SMARTS) is 2. The third-order valence-electron chi connectivity index (χ3n) is 4.64. The van der Waals surface area contributed by atoms with Gasteiger partial charge < -0.3 is 29.2 Å². The summed E-state index contributed by atoms with van der Waals surface area (Å²) in [5.41, 5.74) is 1.78. The summed E-state index contributed by atoms with van der Waals surface area (Å²) >= 11 is 0. The van der Waals surface area contributed by atoms with Crippen molar-refractivity contribution < 1.29 is 43.5 Å². The lowest BCUT2D eigenvalue weighted by molar-refractivity contribution is 0.0206. The SMILES string of the molecule is CC(C)(C)OC(=O)Oc1ccc(C(c2ccc(OC(=O)O)cc2)c2ccc(OC(=O)O)cc2)cc1. The molecule has 0 amide bonds. The van der Waals surface area contributed by atoms with Crippen LogP contribution in [0.4, 0.5) is 14.4 Å². The highest BCUT2D eigenvalue weighted by Gasteiger charge is 2.20. The number of benzene rings is 3. The van der Waals surface area contributed by atoms with E-state index in [1.807, 2.05) is 0 Å². The summed E-state index contributed by atoms with van der Waals surface area (Å²) in [5, 5.41) is 17.6. The molecule has 9 nitrogen and oxygen atoms in total. The van der Waals surface area contributed by atoms with Crippen molar-refractivity contribution in [3.8, 4) is 17.2 Å². The molecule has 9 heteroatoms. The first kappa shape index (κ1) is 25.1. The fourth-order valence-corrected chi connectivity index (χ4v) is 3.33. The smallest absolute Gasteiger partial charge is 0.449 e. The van der Waals surface area contributed by atoms with Gasteiger partial charge in [0.25, 0.3) is 0 Å². The molecule has 0 bridgehead atoms. The van der Waals surface area contributed by atoms with Gasteiger partial charge in [0, 0.05) is 5.92 Å². The van der Waals surface area contributed by atoms with Crippen molar-refractivity contribution in [2.45, 2.75) is 32.3 Å². The normalized spacial score (nSPS) is 11.0. The molecule has 0 atom stereocenters. The minimum Gasteiger partial charge on any atom is -0.449 e. The zero-order chi connectivity index (χ0) is 25.6. The number of hydrogen-bond acceptors (Lipinski definition) is 7. The molecule has 3 aromatic rings. The van der Waals surface area contributed by atoms with Gasteiger partial charge in [0.1, 0.15) is 22.8 Å². The first-order valence-electron chi connectivity index (χ1n) is 10.5. The maximum atomic E-state index is 12.0. The molecule has 0 aliphatic carbocycles. The number of hydrogen-bond donors (Lipinski definition) is 2. The van der Waals surface area contributed by atoms with Crippen LogP contribution in [-0.4, -0.2) is 34.3 Å². The van der Waals surface area contributed by atoms with Crippen molar-refractivity contribution in [2.75, 3.05) is 0 Å². The molecular weight excluding hydrogens is 456 g/mol. The van der Waals surface area contributed by atoms with Crippen LogP contribution < -0.4 is 14.2 Å². The van der Waals surface area contributed by atoms with Gasteiger partial charge in [-0.1, -0.05) is 36.4 Å². The minimum atomic E-state index is -1.41. The summed E-state index contributed by atoms with van der Waals surface area (Å²) in [6.45, 7) is 5.21. The Morgan fingerprint density at radius 2 is 0.914 bits per heavy atom. The van der Waals surface area contributed by atoms with Gasteiger partial charge >= 0.3 is 18.5 Å². The summed E-state index contributed by atoms with van der Waals surface area (Å²) in [6, 6.07) is 19.9. The Kier molecular flexibility index (Phi) is 7.60. The number of rotatable bonds is 6. The van der Waals surface area contributed by atoms with E-state index in [-0.39, 0.29) is 17.4 Å². The Balaban J connectivity index is 1.91. The van der Waals surface area contributed by atoms with Gasteiger partial charge in [-0.05, 0) is 73.9 Å². The molecule has 0 aliphatic rings. The highest BCUT2D eigenvalue weighted by molar-refractivity contribution is 5.64. The summed E-state index contributed by atoms with van der Waals surface area (Å²) in [4.78, 5) is 33.6. The van der Waals surface area contributed by atoms with Gasteiger partial charge in [-0.25, -0.2) is 14.4 Å². The topological polar surface area (TPSA) is 129 Å². The second kappa shape index (κ2) is 10.6. The molecule has 3 rings (SSSR count). The van der Waals surface area contributed by atoms with Gasteiger partial charge in [-0.3, -0.25) is 0 Å². The minimum absolute atomic E-state index is 0.173. The third kappa shape index (κ3) is 7.50. The van der Waals surface area contributed by atoms with E-state index in [0.29, 0.717) is 5.75 Å². The van der Waals surface area contributed by atoms with Gasteiger partial charge in [0.05, 0.1) is 0 Å². The first-order chi connectivity index (χ1) is 16.5. The first-order valence-corrected chi connectivity index (χ1v) is 10.5. The highest BCUT2D eigenvalue weighted by atomic mass is 16.7. The molecule has 2 N–H and O–H groups in total. The van der Waals surface area contributed by atoms with E-state index < -0.39 is 24.1 Å². The van der Waals surface area contributed by atoms with Crippen LogP contribution in [0.3, 0.4) is 0 Å². The van der Waals surface area contributed by atoms with Crippen LogP contribution in [0, 0.1) is 0 Å². The largest absolute Gasteiger partial charge is 0.514 e. The second-order valence-electron chi connectivity index (χ2n) is 8.44. The van der Waals surface area contributed by atoms with Gasteiger partial charge in [0.15, 0.2) is 0 Å². The van der Waals surface area contributed by atoms with Crippen molar-refractivity contribution in [3.63, 3.8) is 0 Å². The van der Waals surface area contributed by atoms with E-state index in [4.69, 9.17) is 19.7 Å². The summed E-state index contributed by atoms with van der Waals surface area (Å²) in [7, 11) is 0. The lowest BCUT2D eigenvalue weighted by atomic mass is 9.85. The molecule has 0 heterocycles. The van der Waals surface area contributed by atoms with Gasteiger partial charge in [-0.15, -0.1) is 0 Å². The van der Waals surface area contributed by atoms with E-state index in [9.17, 15) is 14.4 Å². The van der Waals surface area contributed by atoms with Crippen LogP contribution >= 0.6 is 0 Å². The molecule has 3 aromatic carbocycles. The molecule has 0 spiro atoms. The third-order valence-corrected chi connectivity index (χ3v) is 4.64. The van der Waals surface area contributed by atoms with E-state index in [1.165, 1.54) is 0 Å². The summed E-state index contributed by atoms with van der Waals surface area (Å²) < 4.78 is 19.8. The fraction of sp³-hybridized carbons (Fsp3) is 0.192. The molecule has 182 valence electrons. The van der Waals surface area contributed by atoms with E-state index in [0.717, 1.165) is 16.7 Å². The maximum absolute atomic E-state index is 12.0. The van der Waals surface area contributed by atoms with Crippen molar-refractivity contribution in [1.82, 2.24) is 0 Å². The highest BCUT2D eigenvalue weighted by Crippen LogP contribution is 2.34. The molecule has 0 saturated carbocycles. The Morgan fingerprint density at radius 1 is 0.600 bits per heavy atom. The lowest BCUT2D eigenvalue weighted by Crippen LogP contribution is -2.25. The standard InChI is InChI=1S/C26H24O9/c1-26(2,3)35-25(31)34-21-14-8-18(9-15-21)22(16-4-10-19(11-5-16)32-23(27)28)17-6-12-20(13-7-17)33-24(29)30/h4-15,22H,1-3H3,(H,27,28)(H,29,30). The van der Waals surface area contributed by atoms with Gasteiger partial charge in [-0.2, -0.15) is 0 Å². The van der Waals surface area contributed by atoms with E-state index in [1.54, 1.807) is 93.6 Å². The Hall–Kier alpha value is -4.53. The van der Waals surface area contributed by atoms with Crippen LogP contribution in [-0.2, 0) is 4.74 Å². The molecule has 0 radical (unpaired) electrons. The van der Waals surface area contributed by atoms with Crippen molar-refractivity contribution in [1.29, 1.82) is 0 Å². The zero-order valence-corrected chi connectivity index (χ0v) is 19.3. The van der Waals surface area contributed by atoms with Crippen LogP contribution in [0.5, 0.6) is 17.2 Å².